The molecule has 1 aromatic carbocycles. The van der Waals surface area contributed by atoms with Crippen LogP contribution in [0.4, 0.5) is 0 Å². The minimum absolute atomic E-state index is 0.210. The highest BCUT2D eigenvalue weighted by Gasteiger charge is 2.06. The van der Waals surface area contributed by atoms with Crippen molar-refractivity contribution in [3.8, 4) is 5.75 Å². The second-order valence-corrected chi connectivity index (χ2v) is 4.92. The highest BCUT2D eigenvalue weighted by molar-refractivity contribution is 5.29. The van der Waals surface area contributed by atoms with Crippen molar-refractivity contribution in [3.05, 3.63) is 47.8 Å². The third kappa shape index (κ3) is 4.10. The van der Waals surface area contributed by atoms with Crippen LogP contribution in [0.5, 0.6) is 5.75 Å². The number of rotatable bonds is 6. The molecule has 0 radical (unpaired) electrons. The van der Waals surface area contributed by atoms with E-state index in [1.165, 1.54) is 5.56 Å². The summed E-state index contributed by atoms with van der Waals surface area (Å²) in [5.74, 6) is 0.916. The minimum atomic E-state index is 0.210. The Labute approximate surface area is 114 Å². The Kier molecular flexibility index (Phi) is 4.58. The van der Waals surface area contributed by atoms with Crippen molar-refractivity contribution in [1.29, 1.82) is 0 Å². The maximum absolute atomic E-state index is 5.63. The van der Waals surface area contributed by atoms with Crippen LogP contribution in [0.15, 0.2) is 36.5 Å². The molecule has 4 heteroatoms. The zero-order valence-corrected chi connectivity index (χ0v) is 11.7. The van der Waals surface area contributed by atoms with Crippen molar-refractivity contribution >= 4 is 0 Å². The van der Waals surface area contributed by atoms with Crippen LogP contribution >= 0.6 is 0 Å². The van der Waals surface area contributed by atoms with Crippen LogP contribution in [-0.4, -0.2) is 16.3 Å². The van der Waals surface area contributed by atoms with E-state index in [2.05, 4.69) is 34.6 Å². The summed E-state index contributed by atoms with van der Waals surface area (Å²) in [4.78, 5) is 0. The van der Waals surface area contributed by atoms with E-state index in [0.29, 0.717) is 0 Å². The van der Waals surface area contributed by atoms with Crippen molar-refractivity contribution in [1.82, 2.24) is 15.5 Å². The second-order valence-electron chi connectivity index (χ2n) is 4.92. The van der Waals surface area contributed by atoms with Gasteiger partial charge >= 0.3 is 0 Å². The number of H-pyrrole nitrogens is 1. The lowest BCUT2D eigenvalue weighted by Gasteiger charge is -2.15. The Bertz CT molecular complexity index is 477. The quantitative estimate of drug-likeness (QED) is 0.838. The fraction of sp³-hybridized carbons (Fsp3) is 0.400. The first-order chi connectivity index (χ1) is 9.15. The Hall–Kier alpha value is -1.81. The number of hydrogen-bond acceptors (Lipinski definition) is 3. The molecule has 0 amide bonds. The molecule has 19 heavy (non-hydrogen) atoms. The highest BCUT2D eigenvalue weighted by Crippen LogP contribution is 2.18. The van der Waals surface area contributed by atoms with Gasteiger partial charge in [0.1, 0.15) is 5.75 Å². The lowest BCUT2D eigenvalue weighted by Crippen LogP contribution is -2.18. The van der Waals surface area contributed by atoms with E-state index in [-0.39, 0.29) is 12.1 Å². The van der Waals surface area contributed by atoms with Crippen molar-refractivity contribution in [2.24, 2.45) is 0 Å². The molecule has 0 aliphatic rings. The van der Waals surface area contributed by atoms with Gasteiger partial charge in [-0.3, -0.25) is 5.10 Å². The lowest BCUT2D eigenvalue weighted by atomic mass is 10.1. The molecule has 0 aliphatic heterocycles. The summed E-state index contributed by atoms with van der Waals surface area (Å²) < 4.78 is 5.63. The van der Waals surface area contributed by atoms with E-state index in [1.54, 1.807) is 6.20 Å². The van der Waals surface area contributed by atoms with Crippen LogP contribution in [0.25, 0.3) is 0 Å². The number of ether oxygens (including phenoxy) is 1. The van der Waals surface area contributed by atoms with E-state index in [1.807, 2.05) is 32.0 Å². The molecule has 1 heterocycles. The first-order valence-electron chi connectivity index (χ1n) is 6.63. The highest BCUT2D eigenvalue weighted by atomic mass is 16.5. The molecule has 2 N–H and O–H groups in total. The largest absolute Gasteiger partial charge is 0.491 e. The Balaban J connectivity index is 1.90. The van der Waals surface area contributed by atoms with Gasteiger partial charge < -0.3 is 10.1 Å². The number of nitrogens with one attached hydrogen (secondary N) is 2. The lowest BCUT2D eigenvalue weighted by molar-refractivity contribution is 0.242. The second kappa shape index (κ2) is 6.38. The van der Waals surface area contributed by atoms with E-state index in [0.717, 1.165) is 18.0 Å². The summed E-state index contributed by atoms with van der Waals surface area (Å²) in [5.41, 5.74) is 2.34. The van der Waals surface area contributed by atoms with E-state index in [9.17, 15) is 0 Å². The molecule has 1 unspecified atom stereocenters. The van der Waals surface area contributed by atoms with Gasteiger partial charge in [-0.25, -0.2) is 0 Å². The molecular formula is C15H21N3O. The van der Waals surface area contributed by atoms with Crippen LogP contribution in [0.2, 0.25) is 0 Å². The predicted octanol–water partition coefficient (Wildman–Crippen LogP) is 3.05. The van der Waals surface area contributed by atoms with Crippen LogP contribution in [0, 0.1) is 0 Å². The van der Waals surface area contributed by atoms with Crippen molar-refractivity contribution in [3.63, 3.8) is 0 Å². The molecule has 0 fully saturated rings. The Morgan fingerprint density at radius 2 is 1.89 bits per heavy atom. The van der Waals surface area contributed by atoms with Crippen LogP contribution in [-0.2, 0) is 6.54 Å². The Morgan fingerprint density at radius 1 is 1.16 bits per heavy atom. The van der Waals surface area contributed by atoms with Gasteiger partial charge in [0, 0.05) is 24.5 Å². The number of benzene rings is 1. The van der Waals surface area contributed by atoms with Gasteiger partial charge in [0.2, 0.25) is 0 Å². The van der Waals surface area contributed by atoms with Gasteiger partial charge in [0.05, 0.1) is 6.10 Å². The zero-order valence-electron chi connectivity index (χ0n) is 11.7. The Morgan fingerprint density at radius 3 is 2.47 bits per heavy atom. The summed E-state index contributed by atoms with van der Waals surface area (Å²) in [7, 11) is 0. The van der Waals surface area contributed by atoms with Gasteiger partial charge in [-0.2, -0.15) is 5.10 Å². The van der Waals surface area contributed by atoms with Gasteiger partial charge in [-0.1, -0.05) is 12.1 Å². The van der Waals surface area contributed by atoms with E-state index < -0.39 is 0 Å². The third-order valence-corrected chi connectivity index (χ3v) is 2.91. The molecule has 1 atom stereocenters. The third-order valence-electron chi connectivity index (χ3n) is 2.91. The molecule has 0 saturated heterocycles. The summed E-state index contributed by atoms with van der Waals surface area (Å²) in [6, 6.07) is 10.5. The molecule has 102 valence electrons. The van der Waals surface area contributed by atoms with Gasteiger partial charge in [0.25, 0.3) is 0 Å². The molecule has 0 aliphatic carbocycles. The SMILES string of the molecule is CC(C)Oc1ccc(C(C)NCc2ccn[nH]2)cc1. The smallest absolute Gasteiger partial charge is 0.119 e. The standard InChI is InChI=1S/C15H21N3O/c1-11(2)19-15-6-4-13(5-7-15)12(3)16-10-14-8-9-17-18-14/h4-9,11-12,16H,10H2,1-3H3,(H,17,18). The summed E-state index contributed by atoms with van der Waals surface area (Å²) in [6.07, 6.45) is 1.97. The maximum Gasteiger partial charge on any atom is 0.119 e. The first kappa shape index (κ1) is 13.6. The number of hydrogen-bond donors (Lipinski definition) is 2. The molecule has 0 saturated carbocycles. The summed E-state index contributed by atoms with van der Waals surface area (Å²) >= 11 is 0. The molecule has 2 aromatic rings. The molecule has 2 rings (SSSR count). The minimum Gasteiger partial charge on any atom is -0.491 e. The predicted molar refractivity (Wildman–Crippen MR) is 76.0 cm³/mol. The van der Waals surface area contributed by atoms with Crippen molar-refractivity contribution in [2.45, 2.75) is 39.5 Å². The van der Waals surface area contributed by atoms with Gasteiger partial charge in [0.15, 0.2) is 0 Å². The molecule has 0 bridgehead atoms. The molecular weight excluding hydrogens is 238 g/mol. The van der Waals surface area contributed by atoms with Crippen LogP contribution < -0.4 is 10.1 Å². The fourth-order valence-corrected chi connectivity index (χ4v) is 1.87. The summed E-state index contributed by atoms with van der Waals surface area (Å²) in [5, 5.41) is 10.3. The molecule has 0 spiro atoms. The van der Waals surface area contributed by atoms with E-state index >= 15 is 0 Å². The molecule has 4 nitrogen and oxygen atoms in total. The monoisotopic (exact) mass is 259 g/mol. The van der Waals surface area contributed by atoms with E-state index in [4.69, 9.17) is 4.74 Å². The topological polar surface area (TPSA) is 49.9 Å². The van der Waals surface area contributed by atoms with Gasteiger partial charge in [-0.15, -0.1) is 0 Å². The zero-order chi connectivity index (χ0) is 13.7. The van der Waals surface area contributed by atoms with Crippen molar-refractivity contribution < 1.29 is 4.74 Å². The van der Waals surface area contributed by atoms with Gasteiger partial charge in [-0.05, 0) is 44.5 Å². The molecule has 1 aromatic heterocycles. The maximum atomic E-state index is 5.63. The normalized spacial score (nSPS) is 12.6. The average molecular weight is 259 g/mol. The summed E-state index contributed by atoms with van der Waals surface area (Å²) in [6.45, 7) is 6.99. The fourth-order valence-electron chi connectivity index (χ4n) is 1.87. The number of aromatic nitrogens is 2. The van der Waals surface area contributed by atoms with Crippen molar-refractivity contribution in [2.75, 3.05) is 0 Å². The number of nitrogens with zero attached hydrogens (tertiary/aromatic N) is 1. The first-order valence-corrected chi connectivity index (χ1v) is 6.63. The number of aromatic amines is 1. The van der Waals surface area contributed by atoms with Crippen LogP contribution in [0.1, 0.15) is 38.1 Å². The average Bonchev–Trinajstić information content (AvgIpc) is 2.89. The van der Waals surface area contributed by atoms with Crippen LogP contribution in [0.3, 0.4) is 0 Å².